The molecule has 1 aliphatic heterocycles. The summed E-state index contributed by atoms with van der Waals surface area (Å²) in [4.78, 5) is 19.5. The third-order valence-electron chi connectivity index (χ3n) is 6.26. The number of hydrogen-bond donors (Lipinski definition) is 1. The van der Waals surface area contributed by atoms with Crippen molar-refractivity contribution >= 4 is 32.7 Å². The van der Waals surface area contributed by atoms with Gasteiger partial charge in [0.1, 0.15) is 5.82 Å². The van der Waals surface area contributed by atoms with Gasteiger partial charge in [-0.25, -0.2) is 13.4 Å². The first-order valence-electron chi connectivity index (χ1n) is 12.0. The van der Waals surface area contributed by atoms with Crippen molar-refractivity contribution in [1.29, 1.82) is 0 Å². The minimum atomic E-state index is -3.59. The van der Waals surface area contributed by atoms with E-state index in [9.17, 15) is 13.2 Å². The first kappa shape index (κ1) is 25.2. The average Bonchev–Trinajstić information content (AvgIpc) is 3.25. The smallest absolute Gasteiger partial charge is 0.243 e. The van der Waals surface area contributed by atoms with E-state index in [-0.39, 0.29) is 10.8 Å². The zero-order valence-electron chi connectivity index (χ0n) is 20.3. The standard InChI is InChI=1S/C25H33N5O4S/c1-3-30-23-10-9-21(35(32,33)29-15-17-34-18-16-29)19-22(23)27-24(30)11-12-25(31)26-13-14-28(2)20-7-5-4-6-8-20/h4-10,19H,3,11-18H2,1-2H3,(H,26,31). The monoisotopic (exact) mass is 499 g/mol. The molecule has 10 heteroatoms. The van der Waals surface area contributed by atoms with Gasteiger partial charge in [-0.1, -0.05) is 18.2 Å². The van der Waals surface area contributed by atoms with Crippen LogP contribution in [0.2, 0.25) is 0 Å². The minimum absolute atomic E-state index is 0.0308. The molecule has 3 aromatic rings. The lowest BCUT2D eigenvalue weighted by Gasteiger charge is -2.26. The van der Waals surface area contributed by atoms with Gasteiger partial charge in [0.25, 0.3) is 0 Å². The molecule has 0 atom stereocenters. The Kier molecular flexibility index (Phi) is 8.04. The predicted octanol–water partition coefficient (Wildman–Crippen LogP) is 2.26. The van der Waals surface area contributed by atoms with Crippen molar-refractivity contribution in [3.8, 4) is 0 Å². The molecule has 1 aliphatic rings. The number of amides is 1. The average molecular weight is 500 g/mol. The van der Waals surface area contributed by atoms with Crippen molar-refractivity contribution in [2.45, 2.75) is 31.2 Å². The number of aromatic nitrogens is 2. The van der Waals surface area contributed by atoms with E-state index in [1.165, 1.54) is 4.31 Å². The first-order valence-corrected chi connectivity index (χ1v) is 13.4. The highest BCUT2D eigenvalue weighted by molar-refractivity contribution is 7.89. The third kappa shape index (κ3) is 5.83. The van der Waals surface area contributed by atoms with Crippen LogP contribution in [0.5, 0.6) is 0 Å². The van der Waals surface area contributed by atoms with Crippen LogP contribution >= 0.6 is 0 Å². The van der Waals surface area contributed by atoms with Crippen LogP contribution < -0.4 is 10.2 Å². The molecule has 1 saturated heterocycles. The number of carbonyl (C=O) groups excluding carboxylic acids is 1. The number of imidazole rings is 1. The van der Waals surface area contributed by atoms with Crippen molar-refractivity contribution in [1.82, 2.24) is 19.2 Å². The number of benzene rings is 2. The number of para-hydroxylation sites is 1. The molecular formula is C25H33N5O4S. The number of nitrogens with one attached hydrogen (secondary N) is 1. The van der Waals surface area contributed by atoms with Gasteiger partial charge in [-0.15, -0.1) is 0 Å². The highest BCUT2D eigenvalue weighted by Gasteiger charge is 2.27. The van der Waals surface area contributed by atoms with Gasteiger partial charge in [-0.05, 0) is 37.3 Å². The summed E-state index contributed by atoms with van der Waals surface area (Å²) in [6, 6.07) is 15.1. The van der Waals surface area contributed by atoms with Crippen LogP contribution in [0.3, 0.4) is 0 Å². The van der Waals surface area contributed by atoms with Crippen LogP contribution in [0, 0.1) is 0 Å². The van der Waals surface area contributed by atoms with Gasteiger partial charge < -0.3 is 19.5 Å². The minimum Gasteiger partial charge on any atom is -0.379 e. The zero-order valence-corrected chi connectivity index (χ0v) is 21.1. The van der Waals surface area contributed by atoms with Crippen molar-refractivity contribution < 1.29 is 17.9 Å². The fraction of sp³-hybridized carbons (Fsp3) is 0.440. The lowest BCUT2D eigenvalue weighted by atomic mass is 10.2. The van der Waals surface area contributed by atoms with Crippen molar-refractivity contribution in [3.63, 3.8) is 0 Å². The number of nitrogens with zero attached hydrogens (tertiary/aromatic N) is 4. The molecule has 35 heavy (non-hydrogen) atoms. The number of anilines is 1. The Hall–Kier alpha value is -2.95. The second-order valence-corrected chi connectivity index (χ2v) is 10.5. The molecule has 0 bridgehead atoms. The first-order chi connectivity index (χ1) is 16.9. The summed E-state index contributed by atoms with van der Waals surface area (Å²) in [5, 5.41) is 2.98. The molecule has 0 unspecified atom stereocenters. The lowest BCUT2D eigenvalue weighted by Crippen LogP contribution is -2.40. The normalized spacial score (nSPS) is 14.8. The fourth-order valence-electron chi connectivity index (χ4n) is 4.29. The quantitative estimate of drug-likeness (QED) is 0.460. The van der Waals surface area contributed by atoms with Crippen LogP contribution in [-0.4, -0.2) is 74.6 Å². The topological polar surface area (TPSA) is 96.8 Å². The second kappa shape index (κ2) is 11.2. The van der Waals surface area contributed by atoms with Gasteiger partial charge in [-0.2, -0.15) is 4.31 Å². The molecule has 1 amide bonds. The zero-order chi connectivity index (χ0) is 24.8. The summed E-state index contributed by atoms with van der Waals surface area (Å²) >= 11 is 0. The van der Waals surface area contributed by atoms with Gasteiger partial charge >= 0.3 is 0 Å². The number of morpholine rings is 1. The summed E-state index contributed by atoms with van der Waals surface area (Å²) in [5.41, 5.74) is 2.60. The lowest BCUT2D eigenvalue weighted by molar-refractivity contribution is -0.121. The van der Waals surface area contributed by atoms with E-state index in [1.807, 2.05) is 54.9 Å². The molecule has 1 fully saturated rings. The highest BCUT2D eigenvalue weighted by Crippen LogP contribution is 2.24. The number of ether oxygens (including phenoxy) is 1. The number of fused-ring (bicyclic) bond motifs is 1. The number of aryl methyl sites for hydroxylation is 2. The third-order valence-corrected chi connectivity index (χ3v) is 8.16. The van der Waals surface area contributed by atoms with Crippen LogP contribution in [-0.2, 0) is 32.5 Å². The Morgan fingerprint density at radius 2 is 1.89 bits per heavy atom. The highest BCUT2D eigenvalue weighted by atomic mass is 32.2. The SMILES string of the molecule is CCn1c(CCC(=O)NCCN(C)c2ccccc2)nc2cc(S(=O)(=O)N3CCOCC3)ccc21. The molecule has 0 spiro atoms. The molecule has 0 aliphatic carbocycles. The van der Waals surface area contributed by atoms with Crippen LogP contribution in [0.15, 0.2) is 53.4 Å². The fourth-order valence-corrected chi connectivity index (χ4v) is 5.72. The predicted molar refractivity (Wildman–Crippen MR) is 136 cm³/mol. The van der Waals surface area contributed by atoms with Crippen molar-refractivity contribution in [2.24, 2.45) is 0 Å². The molecule has 1 aromatic heterocycles. The van der Waals surface area contributed by atoms with Gasteiger partial charge in [0.2, 0.25) is 15.9 Å². The van der Waals surface area contributed by atoms with Crippen molar-refractivity contribution in [3.05, 3.63) is 54.4 Å². The summed E-state index contributed by atoms with van der Waals surface area (Å²) in [6.07, 6.45) is 0.797. The Morgan fingerprint density at radius 3 is 2.60 bits per heavy atom. The Bertz CT molecular complexity index is 1250. The van der Waals surface area contributed by atoms with Crippen LogP contribution in [0.25, 0.3) is 11.0 Å². The number of likely N-dealkylation sites (N-methyl/N-ethyl adjacent to an activating group) is 1. The van der Waals surface area contributed by atoms with E-state index < -0.39 is 10.0 Å². The molecule has 2 heterocycles. The summed E-state index contributed by atoms with van der Waals surface area (Å²) in [5.74, 6) is 0.747. The van der Waals surface area contributed by atoms with Gasteiger partial charge in [0.15, 0.2) is 0 Å². The maximum Gasteiger partial charge on any atom is 0.243 e. The summed E-state index contributed by atoms with van der Waals surface area (Å²) in [6.45, 7) is 5.48. The molecule has 1 N–H and O–H groups in total. The Labute approximate surface area is 206 Å². The van der Waals surface area contributed by atoms with Gasteiger partial charge in [0, 0.05) is 58.3 Å². The maximum absolute atomic E-state index is 13.0. The molecular weight excluding hydrogens is 466 g/mol. The number of carbonyl (C=O) groups is 1. The van der Waals surface area contributed by atoms with E-state index in [1.54, 1.807) is 12.1 Å². The Morgan fingerprint density at radius 1 is 1.14 bits per heavy atom. The molecule has 0 radical (unpaired) electrons. The molecule has 0 saturated carbocycles. The van der Waals surface area contributed by atoms with E-state index in [0.29, 0.717) is 64.3 Å². The summed E-state index contributed by atoms with van der Waals surface area (Å²) < 4.78 is 34.8. The van der Waals surface area contributed by atoms with E-state index in [4.69, 9.17) is 9.72 Å². The van der Waals surface area contributed by atoms with Crippen LogP contribution in [0.4, 0.5) is 5.69 Å². The maximum atomic E-state index is 13.0. The van der Waals surface area contributed by atoms with E-state index in [0.717, 1.165) is 17.0 Å². The number of sulfonamides is 1. The molecule has 2 aromatic carbocycles. The molecule has 9 nitrogen and oxygen atoms in total. The van der Waals surface area contributed by atoms with E-state index in [2.05, 4.69) is 10.2 Å². The largest absolute Gasteiger partial charge is 0.379 e. The Balaban J connectivity index is 1.38. The molecule has 4 rings (SSSR count). The number of hydrogen-bond acceptors (Lipinski definition) is 6. The van der Waals surface area contributed by atoms with Crippen LogP contribution in [0.1, 0.15) is 19.2 Å². The molecule has 188 valence electrons. The van der Waals surface area contributed by atoms with Crippen molar-refractivity contribution in [2.75, 3.05) is 51.3 Å². The van der Waals surface area contributed by atoms with Gasteiger partial charge in [0.05, 0.1) is 29.1 Å². The number of rotatable bonds is 10. The summed E-state index contributed by atoms with van der Waals surface area (Å²) in [7, 11) is -1.59. The second-order valence-electron chi connectivity index (χ2n) is 8.55. The van der Waals surface area contributed by atoms with Gasteiger partial charge in [-0.3, -0.25) is 4.79 Å². The van der Waals surface area contributed by atoms with E-state index >= 15 is 0 Å².